The van der Waals surface area contributed by atoms with Crippen molar-refractivity contribution in [2.24, 2.45) is 5.92 Å². The molecule has 0 amide bonds. The smallest absolute Gasteiger partial charge is 0.0391 e. The fourth-order valence-corrected chi connectivity index (χ4v) is 3.55. The molecule has 1 aliphatic rings. The molecule has 1 aromatic rings. The van der Waals surface area contributed by atoms with Crippen molar-refractivity contribution < 1.29 is 0 Å². The van der Waals surface area contributed by atoms with Gasteiger partial charge in [0.25, 0.3) is 0 Å². The molecule has 0 aliphatic carbocycles. The number of benzene rings is 1. The van der Waals surface area contributed by atoms with Crippen LogP contribution in [-0.4, -0.2) is 31.1 Å². The molecule has 2 atom stereocenters. The minimum Gasteiger partial charge on any atom is -0.319 e. The number of nitrogens with one attached hydrogen (secondary N) is 1. The van der Waals surface area contributed by atoms with E-state index in [2.05, 4.69) is 62.3 Å². The summed E-state index contributed by atoms with van der Waals surface area (Å²) in [6.45, 7) is 9.19. The van der Waals surface area contributed by atoms with Crippen LogP contribution in [0.4, 0.5) is 0 Å². The largest absolute Gasteiger partial charge is 0.319 e. The molecule has 1 saturated heterocycles. The predicted molar refractivity (Wildman–Crippen MR) is 87.0 cm³/mol. The van der Waals surface area contributed by atoms with Gasteiger partial charge in [-0.25, -0.2) is 0 Å². The Morgan fingerprint density at radius 1 is 1.20 bits per heavy atom. The fraction of sp³-hybridized carbons (Fsp3) is 0.667. The summed E-state index contributed by atoms with van der Waals surface area (Å²) in [4.78, 5) is 2.71. The van der Waals surface area contributed by atoms with E-state index >= 15 is 0 Å². The van der Waals surface area contributed by atoms with Crippen LogP contribution in [0.5, 0.6) is 0 Å². The Labute approximate surface area is 124 Å². The maximum Gasteiger partial charge on any atom is 0.0391 e. The van der Waals surface area contributed by atoms with E-state index in [1.165, 1.54) is 36.9 Å². The van der Waals surface area contributed by atoms with E-state index in [4.69, 9.17) is 0 Å². The van der Waals surface area contributed by atoms with Crippen molar-refractivity contribution in [3.8, 4) is 0 Å². The third kappa shape index (κ3) is 3.62. The minimum atomic E-state index is 0.561. The lowest BCUT2D eigenvalue weighted by molar-refractivity contribution is 0.118. The van der Waals surface area contributed by atoms with Crippen LogP contribution in [0.1, 0.15) is 50.3 Å². The molecule has 0 saturated carbocycles. The number of nitrogens with zero attached hydrogens (tertiary/aromatic N) is 1. The Kier molecular flexibility index (Phi) is 5.62. The van der Waals surface area contributed by atoms with Gasteiger partial charge in [0.05, 0.1) is 0 Å². The van der Waals surface area contributed by atoms with Gasteiger partial charge in [-0.15, -0.1) is 0 Å². The standard InChI is InChI=1S/C18H30N2/c1-14(2)20-12-6-5-7-17(13-19-4)18(20)16-10-8-15(3)9-11-16/h8-11,14,17-19H,5-7,12-13H2,1-4H3. The summed E-state index contributed by atoms with van der Waals surface area (Å²) in [6, 6.07) is 10.4. The van der Waals surface area contributed by atoms with Crippen molar-refractivity contribution in [1.82, 2.24) is 10.2 Å². The van der Waals surface area contributed by atoms with Gasteiger partial charge in [0.2, 0.25) is 0 Å². The van der Waals surface area contributed by atoms with Crippen LogP contribution in [0.3, 0.4) is 0 Å². The number of hydrogen-bond acceptors (Lipinski definition) is 2. The topological polar surface area (TPSA) is 15.3 Å². The Hall–Kier alpha value is -0.860. The highest BCUT2D eigenvalue weighted by atomic mass is 15.2. The average Bonchev–Trinajstić information content (AvgIpc) is 2.63. The first-order chi connectivity index (χ1) is 9.63. The molecule has 1 aliphatic heterocycles. The van der Waals surface area contributed by atoms with E-state index in [0.29, 0.717) is 18.0 Å². The van der Waals surface area contributed by atoms with Crippen molar-refractivity contribution in [2.75, 3.05) is 20.1 Å². The van der Waals surface area contributed by atoms with Gasteiger partial charge >= 0.3 is 0 Å². The Balaban J connectivity index is 2.33. The highest BCUT2D eigenvalue weighted by Gasteiger charge is 2.31. The van der Waals surface area contributed by atoms with Gasteiger partial charge < -0.3 is 5.32 Å². The molecule has 0 bridgehead atoms. The van der Waals surface area contributed by atoms with Crippen molar-refractivity contribution in [3.63, 3.8) is 0 Å². The molecule has 0 radical (unpaired) electrons. The number of aryl methyl sites for hydroxylation is 1. The number of hydrogen-bond donors (Lipinski definition) is 1. The summed E-state index contributed by atoms with van der Waals surface area (Å²) >= 11 is 0. The fourth-order valence-electron chi connectivity index (χ4n) is 3.55. The first-order valence-electron chi connectivity index (χ1n) is 8.10. The lowest BCUT2D eigenvalue weighted by Crippen LogP contribution is -2.40. The van der Waals surface area contributed by atoms with Crippen molar-refractivity contribution in [2.45, 2.75) is 52.1 Å². The quantitative estimate of drug-likeness (QED) is 0.899. The van der Waals surface area contributed by atoms with Gasteiger partial charge in [-0.2, -0.15) is 0 Å². The first-order valence-corrected chi connectivity index (χ1v) is 8.10. The van der Waals surface area contributed by atoms with Gasteiger partial charge in [-0.05, 0) is 65.2 Å². The monoisotopic (exact) mass is 274 g/mol. The van der Waals surface area contributed by atoms with Crippen molar-refractivity contribution in [1.29, 1.82) is 0 Å². The van der Waals surface area contributed by atoms with Crippen LogP contribution in [0, 0.1) is 12.8 Å². The molecule has 1 heterocycles. The highest BCUT2D eigenvalue weighted by Crippen LogP contribution is 2.36. The molecule has 0 aromatic heterocycles. The zero-order valence-electron chi connectivity index (χ0n) is 13.5. The molecular weight excluding hydrogens is 244 g/mol. The molecule has 2 rings (SSSR count). The Morgan fingerprint density at radius 2 is 1.90 bits per heavy atom. The molecule has 1 N–H and O–H groups in total. The molecule has 2 unspecified atom stereocenters. The summed E-state index contributed by atoms with van der Waals surface area (Å²) in [6.07, 6.45) is 4.03. The summed E-state index contributed by atoms with van der Waals surface area (Å²) in [5, 5.41) is 3.41. The zero-order chi connectivity index (χ0) is 14.5. The average molecular weight is 274 g/mol. The van der Waals surface area contributed by atoms with Crippen LogP contribution in [0.25, 0.3) is 0 Å². The molecule has 0 spiro atoms. The molecule has 1 fully saturated rings. The SMILES string of the molecule is CNCC1CCCCN(C(C)C)C1c1ccc(C)cc1. The summed E-state index contributed by atoms with van der Waals surface area (Å²) in [5.41, 5.74) is 2.84. The molecule has 2 nitrogen and oxygen atoms in total. The summed E-state index contributed by atoms with van der Waals surface area (Å²) in [7, 11) is 2.08. The minimum absolute atomic E-state index is 0.561. The van der Waals surface area contributed by atoms with E-state index in [1.807, 2.05) is 0 Å². The third-order valence-electron chi connectivity index (χ3n) is 4.59. The van der Waals surface area contributed by atoms with Gasteiger partial charge in [-0.3, -0.25) is 4.90 Å². The predicted octanol–water partition coefficient (Wildman–Crippen LogP) is 3.77. The summed E-state index contributed by atoms with van der Waals surface area (Å²) in [5.74, 6) is 0.715. The van der Waals surface area contributed by atoms with Crippen molar-refractivity contribution in [3.05, 3.63) is 35.4 Å². The third-order valence-corrected chi connectivity index (χ3v) is 4.59. The highest BCUT2D eigenvalue weighted by molar-refractivity contribution is 5.25. The van der Waals surface area contributed by atoms with E-state index < -0.39 is 0 Å². The second-order valence-electron chi connectivity index (χ2n) is 6.50. The van der Waals surface area contributed by atoms with Gasteiger partial charge in [0.1, 0.15) is 0 Å². The van der Waals surface area contributed by atoms with Crippen LogP contribution < -0.4 is 5.32 Å². The van der Waals surface area contributed by atoms with Gasteiger partial charge in [0, 0.05) is 12.1 Å². The maximum atomic E-state index is 3.41. The van der Waals surface area contributed by atoms with E-state index in [9.17, 15) is 0 Å². The lowest BCUT2D eigenvalue weighted by atomic mass is 9.88. The van der Waals surface area contributed by atoms with Gasteiger partial charge in [-0.1, -0.05) is 36.2 Å². The molecule has 112 valence electrons. The Bertz CT molecular complexity index is 396. The van der Waals surface area contributed by atoms with Gasteiger partial charge in [0.15, 0.2) is 0 Å². The Morgan fingerprint density at radius 3 is 2.50 bits per heavy atom. The van der Waals surface area contributed by atoms with Crippen molar-refractivity contribution >= 4 is 0 Å². The molecule has 2 heteroatoms. The molecule has 1 aromatic carbocycles. The van der Waals surface area contributed by atoms with E-state index in [0.717, 1.165) is 6.54 Å². The molecular formula is C18H30N2. The second kappa shape index (κ2) is 7.24. The van der Waals surface area contributed by atoms with E-state index in [1.54, 1.807) is 0 Å². The lowest BCUT2D eigenvalue weighted by Gasteiger charge is -2.38. The second-order valence-corrected chi connectivity index (χ2v) is 6.50. The maximum absolute atomic E-state index is 3.41. The normalized spacial score (nSPS) is 24.9. The summed E-state index contributed by atoms with van der Waals surface area (Å²) < 4.78 is 0. The number of likely N-dealkylation sites (tertiary alicyclic amines) is 1. The van der Waals surface area contributed by atoms with Crippen LogP contribution in [0.2, 0.25) is 0 Å². The van der Waals surface area contributed by atoms with E-state index in [-0.39, 0.29) is 0 Å². The number of rotatable bonds is 4. The van der Waals surface area contributed by atoms with Crippen LogP contribution in [-0.2, 0) is 0 Å². The van der Waals surface area contributed by atoms with Crippen LogP contribution in [0.15, 0.2) is 24.3 Å². The molecule has 20 heavy (non-hydrogen) atoms. The first kappa shape index (κ1) is 15.5. The van der Waals surface area contributed by atoms with Crippen LogP contribution >= 0.6 is 0 Å². The zero-order valence-corrected chi connectivity index (χ0v) is 13.5.